The van der Waals surface area contributed by atoms with Gasteiger partial charge in [0.2, 0.25) is 5.91 Å². The lowest BCUT2D eigenvalue weighted by Gasteiger charge is -2.31. The summed E-state index contributed by atoms with van der Waals surface area (Å²) in [6.45, 7) is 3.31. The fourth-order valence-electron chi connectivity index (χ4n) is 3.21. The van der Waals surface area contributed by atoms with Gasteiger partial charge in [0, 0.05) is 25.3 Å². The molecule has 1 saturated heterocycles. The maximum Gasteiger partial charge on any atom is 0.289 e. The molecule has 1 aliphatic rings. The molecule has 8 nitrogen and oxygen atoms in total. The molecule has 154 valence electrons. The van der Waals surface area contributed by atoms with Gasteiger partial charge in [0.25, 0.3) is 11.8 Å². The summed E-state index contributed by atoms with van der Waals surface area (Å²) < 4.78 is 10.6. The van der Waals surface area contributed by atoms with Gasteiger partial charge in [-0.3, -0.25) is 14.4 Å². The first kappa shape index (κ1) is 20.4. The van der Waals surface area contributed by atoms with Gasteiger partial charge in [-0.05, 0) is 56.2 Å². The first-order valence-electron chi connectivity index (χ1n) is 9.70. The summed E-state index contributed by atoms with van der Waals surface area (Å²) in [5.74, 6) is 0.0441. The van der Waals surface area contributed by atoms with Crippen molar-refractivity contribution in [3.05, 3.63) is 48.4 Å². The van der Waals surface area contributed by atoms with Crippen molar-refractivity contribution in [3.8, 4) is 5.75 Å². The minimum Gasteiger partial charge on any atom is -0.484 e. The summed E-state index contributed by atoms with van der Waals surface area (Å²) in [6.07, 6.45) is 2.95. The van der Waals surface area contributed by atoms with Gasteiger partial charge in [-0.25, -0.2) is 0 Å². The van der Waals surface area contributed by atoms with Crippen LogP contribution in [0, 0.1) is 5.92 Å². The van der Waals surface area contributed by atoms with Crippen LogP contribution in [0.15, 0.2) is 47.1 Å². The van der Waals surface area contributed by atoms with E-state index in [9.17, 15) is 14.4 Å². The van der Waals surface area contributed by atoms with Gasteiger partial charge in [0.05, 0.1) is 12.2 Å². The SMILES string of the molecule is CCNC(=O)COc1ccc(NC(=O)C2CCCN(C(=O)c3ccco3)C2)cc1. The Morgan fingerprint density at radius 2 is 2.00 bits per heavy atom. The summed E-state index contributed by atoms with van der Waals surface area (Å²) in [7, 11) is 0. The van der Waals surface area contributed by atoms with Crippen molar-refractivity contribution in [2.45, 2.75) is 19.8 Å². The van der Waals surface area contributed by atoms with Gasteiger partial charge in [0.1, 0.15) is 5.75 Å². The molecule has 1 aromatic heterocycles. The molecule has 3 amide bonds. The second kappa shape index (κ2) is 9.77. The molecular formula is C21H25N3O5. The van der Waals surface area contributed by atoms with E-state index >= 15 is 0 Å². The molecule has 3 rings (SSSR count). The number of hydrogen-bond donors (Lipinski definition) is 2. The quantitative estimate of drug-likeness (QED) is 0.744. The fourth-order valence-corrected chi connectivity index (χ4v) is 3.21. The van der Waals surface area contributed by atoms with Gasteiger partial charge in [0.15, 0.2) is 12.4 Å². The van der Waals surface area contributed by atoms with Crippen molar-refractivity contribution in [1.29, 1.82) is 0 Å². The third-order valence-corrected chi connectivity index (χ3v) is 4.68. The number of benzene rings is 1. The third-order valence-electron chi connectivity index (χ3n) is 4.68. The number of nitrogens with one attached hydrogen (secondary N) is 2. The molecule has 0 aliphatic carbocycles. The Balaban J connectivity index is 1.51. The molecule has 8 heteroatoms. The minimum atomic E-state index is -0.281. The highest BCUT2D eigenvalue weighted by atomic mass is 16.5. The van der Waals surface area contributed by atoms with E-state index in [0.717, 1.165) is 12.8 Å². The van der Waals surface area contributed by atoms with E-state index in [-0.39, 0.29) is 36.0 Å². The number of amides is 3. The number of furan rings is 1. The van der Waals surface area contributed by atoms with Crippen LogP contribution in [0.2, 0.25) is 0 Å². The van der Waals surface area contributed by atoms with Crippen molar-refractivity contribution in [1.82, 2.24) is 10.2 Å². The zero-order chi connectivity index (χ0) is 20.6. The van der Waals surface area contributed by atoms with Crippen molar-refractivity contribution in [2.75, 3.05) is 31.6 Å². The van der Waals surface area contributed by atoms with Crippen LogP contribution in [-0.2, 0) is 9.59 Å². The zero-order valence-corrected chi connectivity index (χ0v) is 16.3. The molecule has 0 radical (unpaired) electrons. The van der Waals surface area contributed by atoms with E-state index in [4.69, 9.17) is 9.15 Å². The Morgan fingerprint density at radius 1 is 1.21 bits per heavy atom. The van der Waals surface area contributed by atoms with Crippen LogP contribution in [0.4, 0.5) is 5.69 Å². The second-order valence-electron chi connectivity index (χ2n) is 6.82. The molecule has 29 heavy (non-hydrogen) atoms. The lowest BCUT2D eigenvalue weighted by Crippen LogP contribution is -2.43. The summed E-state index contributed by atoms with van der Waals surface area (Å²) in [4.78, 5) is 38.2. The number of likely N-dealkylation sites (tertiary alicyclic amines) is 1. The molecule has 2 aromatic rings. The van der Waals surface area contributed by atoms with Crippen molar-refractivity contribution < 1.29 is 23.5 Å². The standard InChI is InChI=1S/C21H25N3O5/c1-2-22-19(25)14-29-17-9-7-16(8-10-17)23-20(26)15-5-3-11-24(13-15)21(27)18-6-4-12-28-18/h4,6-10,12,15H,2-3,5,11,13-14H2,1H3,(H,22,25)(H,23,26). The molecule has 2 N–H and O–H groups in total. The van der Waals surface area contributed by atoms with E-state index < -0.39 is 0 Å². The Bertz CT molecular complexity index is 833. The molecule has 1 aromatic carbocycles. The molecule has 1 atom stereocenters. The molecule has 1 aliphatic heterocycles. The highest BCUT2D eigenvalue weighted by Gasteiger charge is 2.29. The maximum absolute atomic E-state index is 12.6. The lowest BCUT2D eigenvalue weighted by atomic mass is 9.96. The summed E-state index contributed by atoms with van der Waals surface area (Å²) in [5, 5.41) is 5.54. The molecule has 0 saturated carbocycles. The largest absolute Gasteiger partial charge is 0.484 e. The number of likely N-dealkylation sites (N-methyl/N-ethyl adjacent to an activating group) is 1. The van der Waals surface area contributed by atoms with Gasteiger partial charge >= 0.3 is 0 Å². The van der Waals surface area contributed by atoms with Crippen molar-refractivity contribution in [3.63, 3.8) is 0 Å². The van der Waals surface area contributed by atoms with Gasteiger partial charge in [-0.1, -0.05) is 0 Å². The van der Waals surface area contributed by atoms with E-state index in [1.165, 1.54) is 6.26 Å². The van der Waals surface area contributed by atoms with Crippen LogP contribution < -0.4 is 15.4 Å². The third kappa shape index (κ3) is 5.60. The van der Waals surface area contributed by atoms with Gasteiger partial charge < -0.3 is 24.7 Å². The molecule has 1 unspecified atom stereocenters. The number of anilines is 1. The monoisotopic (exact) mass is 399 g/mol. The maximum atomic E-state index is 12.6. The number of nitrogens with zero attached hydrogens (tertiary/aromatic N) is 1. The first-order valence-corrected chi connectivity index (χ1v) is 9.70. The Morgan fingerprint density at radius 3 is 2.69 bits per heavy atom. The number of rotatable bonds is 7. The van der Waals surface area contributed by atoms with Gasteiger partial charge in [-0.2, -0.15) is 0 Å². The highest BCUT2D eigenvalue weighted by molar-refractivity contribution is 5.95. The summed E-state index contributed by atoms with van der Waals surface area (Å²) in [5.41, 5.74) is 0.634. The van der Waals surface area contributed by atoms with Crippen molar-refractivity contribution in [2.24, 2.45) is 5.92 Å². The molecule has 0 bridgehead atoms. The minimum absolute atomic E-state index is 0.0544. The average molecular weight is 399 g/mol. The Kier molecular flexibility index (Phi) is 6.89. The zero-order valence-electron chi connectivity index (χ0n) is 16.3. The molecular weight excluding hydrogens is 374 g/mol. The summed E-state index contributed by atoms with van der Waals surface area (Å²) >= 11 is 0. The van der Waals surface area contributed by atoms with Crippen LogP contribution in [0.5, 0.6) is 5.75 Å². The number of carbonyl (C=O) groups is 3. The Labute approximate surface area is 169 Å². The Hall–Kier alpha value is -3.29. The van der Waals surface area contributed by atoms with E-state index in [0.29, 0.717) is 31.1 Å². The van der Waals surface area contributed by atoms with Crippen LogP contribution >= 0.6 is 0 Å². The normalized spacial score (nSPS) is 16.2. The fraction of sp³-hybridized carbons (Fsp3) is 0.381. The highest BCUT2D eigenvalue weighted by Crippen LogP contribution is 2.22. The lowest BCUT2D eigenvalue weighted by molar-refractivity contribution is -0.123. The van der Waals surface area contributed by atoms with E-state index in [1.807, 2.05) is 6.92 Å². The molecule has 0 spiro atoms. The molecule has 2 heterocycles. The topological polar surface area (TPSA) is 101 Å². The number of carbonyl (C=O) groups excluding carboxylic acids is 3. The predicted octanol–water partition coefficient (Wildman–Crippen LogP) is 2.29. The average Bonchev–Trinajstić information content (AvgIpc) is 3.28. The second-order valence-corrected chi connectivity index (χ2v) is 6.82. The molecule has 1 fully saturated rings. The smallest absolute Gasteiger partial charge is 0.289 e. The number of piperidine rings is 1. The van der Waals surface area contributed by atoms with Crippen LogP contribution in [-0.4, -0.2) is 48.9 Å². The number of ether oxygens (including phenoxy) is 1. The van der Waals surface area contributed by atoms with E-state index in [1.54, 1.807) is 41.3 Å². The van der Waals surface area contributed by atoms with Gasteiger partial charge in [-0.15, -0.1) is 0 Å². The van der Waals surface area contributed by atoms with Crippen LogP contribution in [0.1, 0.15) is 30.3 Å². The van der Waals surface area contributed by atoms with Crippen molar-refractivity contribution >= 4 is 23.4 Å². The summed E-state index contributed by atoms with van der Waals surface area (Å²) in [6, 6.07) is 10.1. The number of hydrogen-bond acceptors (Lipinski definition) is 5. The first-order chi connectivity index (χ1) is 14.1. The van der Waals surface area contributed by atoms with Crippen LogP contribution in [0.3, 0.4) is 0 Å². The predicted molar refractivity (Wildman–Crippen MR) is 107 cm³/mol. The van der Waals surface area contributed by atoms with E-state index in [2.05, 4.69) is 10.6 Å². The van der Waals surface area contributed by atoms with Crippen LogP contribution in [0.25, 0.3) is 0 Å².